The Morgan fingerprint density at radius 1 is 0.448 bits per heavy atom. The average Bonchev–Trinajstić information content (AvgIpc) is 2.65. The van der Waals surface area contributed by atoms with E-state index in [9.17, 15) is 0 Å². The van der Waals surface area contributed by atoms with E-state index in [1.54, 1.807) is 0 Å². The van der Waals surface area contributed by atoms with Gasteiger partial charge >= 0.3 is 0 Å². The minimum atomic E-state index is 0.411. The molecule has 6 aliphatic carbocycles. The summed E-state index contributed by atoms with van der Waals surface area (Å²) in [5.41, 5.74) is 5.26. The summed E-state index contributed by atoms with van der Waals surface area (Å²) in [4.78, 5) is 0. The van der Waals surface area contributed by atoms with Crippen molar-refractivity contribution in [3.63, 3.8) is 0 Å². The van der Waals surface area contributed by atoms with Gasteiger partial charge in [-0.05, 0) is 77.3 Å². The quantitative estimate of drug-likeness (QED) is 0.362. The van der Waals surface area contributed by atoms with Crippen LogP contribution in [0.15, 0.2) is 0 Å². The number of rotatable bonds is 0. The Labute approximate surface area is 181 Å². The van der Waals surface area contributed by atoms with Gasteiger partial charge in [0.1, 0.15) is 0 Å². The van der Waals surface area contributed by atoms with E-state index in [-0.39, 0.29) is 0 Å². The molecule has 11 unspecified atom stereocenters. The lowest BCUT2D eigenvalue weighted by Crippen LogP contribution is -3.15. The molecule has 0 heterocycles. The van der Waals surface area contributed by atoms with Crippen LogP contribution in [0.1, 0.15) is 110 Å². The van der Waals surface area contributed by atoms with Crippen LogP contribution in [0.2, 0.25) is 0 Å². The Kier molecular flexibility index (Phi) is 2.40. The molecule has 6 saturated carbocycles. The van der Waals surface area contributed by atoms with Crippen LogP contribution < -0.4 is 0 Å². The van der Waals surface area contributed by atoms with Crippen molar-refractivity contribution in [2.24, 2.45) is 70.9 Å². The van der Waals surface area contributed by atoms with E-state index in [0.717, 1.165) is 5.92 Å². The first-order chi connectivity index (χ1) is 12.6. The van der Waals surface area contributed by atoms with Gasteiger partial charge in [0.25, 0.3) is 0 Å². The maximum absolute atomic E-state index is 2.78. The van der Waals surface area contributed by atoms with Crippen molar-refractivity contribution in [2.75, 3.05) is 0 Å². The number of hydrogen-bond acceptors (Lipinski definition) is 0. The SMILES string of the molecule is CC1C(C)(C)C2(C)C1(C)C1(C)C2(C)C2(C)C3(C)C4(C)C(C)(C)CC4(C)C3(C)C12C. The molecule has 164 valence electrons. The summed E-state index contributed by atoms with van der Waals surface area (Å²) in [5.74, 6) is 0.798. The molecule has 0 heteroatoms. The second-order valence-electron chi connectivity index (χ2n) is 16.0. The molecule has 0 N–H and O–H groups in total. The molecule has 0 nitrogen and oxygen atoms in total. The average molecular weight is 397 g/mol. The highest BCUT2D eigenvalue weighted by Gasteiger charge is 3.17. The normalized spacial score (nSPS) is 78.9. The smallest absolute Gasteiger partial charge is 0.0131 e. The predicted molar refractivity (Wildman–Crippen MR) is 122 cm³/mol. The molecule has 6 fully saturated rings. The second-order valence-corrected chi connectivity index (χ2v) is 16.0. The van der Waals surface area contributed by atoms with E-state index in [1.165, 1.54) is 6.42 Å². The zero-order valence-corrected chi connectivity index (χ0v) is 22.3. The fourth-order valence-electron chi connectivity index (χ4n) is 17.0. The van der Waals surface area contributed by atoms with Gasteiger partial charge in [0, 0.05) is 0 Å². The van der Waals surface area contributed by atoms with Crippen LogP contribution in [-0.4, -0.2) is 0 Å². The van der Waals surface area contributed by atoms with Gasteiger partial charge in [0.05, 0.1) is 0 Å². The molecule has 6 aliphatic rings. The monoisotopic (exact) mass is 396 g/mol. The lowest BCUT2D eigenvalue weighted by Gasteiger charge is -3.19. The van der Waals surface area contributed by atoms with Gasteiger partial charge in [0.2, 0.25) is 0 Å². The fourth-order valence-corrected chi connectivity index (χ4v) is 17.0. The molecule has 0 aliphatic heterocycles. The van der Waals surface area contributed by atoms with Crippen molar-refractivity contribution in [1.82, 2.24) is 0 Å². The van der Waals surface area contributed by atoms with E-state index in [4.69, 9.17) is 0 Å². The lowest BCUT2D eigenvalue weighted by molar-refractivity contribution is -0.728. The molecule has 0 aromatic carbocycles. The van der Waals surface area contributed by atoms with Gasteiger partial charge in [-0.1, -0.05) is 104 Å². The van der Waals surface area contributed by atoms with Crippen molar-refractivity contribution in [2.45, 2.75) is 110 Å². The van der Waals surface area contributed by atoms with Gasteiger partial charge in [0.15, 0.2) is 0 Å². The van der Waals surface area contributed by atoms with Crippen LogP contribution >= 0.6 is 0 Å². The molecular formula is C29H48. The van der Waals surface area contributed by atoms with Gasteiger partial charge in [-0.15, -0.1) is 0 Å². The molecule has 0 amide bonds. The first kappa shape index (κ1) is 19.7. The summed E-state index contributed by atoms with van der Waals surface area (Å²) >= 11 is 0. The lowest BCUT2D eigenvalue weighted by atomic mass is 8.84. The number of fused-ring (bicyclic) bond motifs is 13. The summed E-state index contributed by atoms with van der Waals surface area (Å²) < 4.78 is 0. The molecule has 6 rings (SSSR count). The van der Waals surface area contributed by atoms with E-state index in [0.29, 0.717) is 65.0 Å². The van der Waals surface area contributed by atoms with Crippen molar-refractivity contribution >= 4 is 0 Å². The van der Waals surface area contributed by atoms with Crippen molar-refractivity contribution < 1.29 is 0 Å². The van der Waals surface area contributed by atoms with Crippen LogP contribution in [0.5, 0.6) is 0 Å². The predicted octanol–water partition coefficient (Wildman–Crippen LogP) is 8.21. The molecule has 0 radical (unpaired) electrons. The molecule has 11 atom stereocenters. The minimum absolute atomic E-state index is 0.411. The fraction of sp³-hybridized carbons (Fsp3) is 1.00. The van der Waals surface area contributed by atoms with Crippen LogP contribution in [0.4, 0.5) is 0 Å². The Balaban J connectivity index is 1.67. The third kappa shape index (κ3) is 0.809. The molecular weight excluding hydrogens is 348 g/mol. The van der Waals surface area contributed by atoms with Gasteiger partial charge in [-0.25, -0.2) is 0 Å². The highest BCUT2D eigenvalue weighted by molar-refractivity contribution is 5.63. The molecule has 0 saturated heterocycles. The summed E-state index contributed by atoms with van der Waals surface area (Å²) in [6.07, 6.45) is 1.41. The molecule has 0 aromatic heterocycles. The third-order valence-corrected chi connectivity index (χ3v) is 18.7. The van der Waals surface area contributed by atoms with Crippen LogP contribution in [0, 0.1) is 70.9 Å². The molecule has 0 spiro atoms. The highest BCUT2D eigenvalue weighted by Crippen LogP contribution is 3.20. The summed E-state index contributed by atoms with van der Waals surface area (Å²) in [6.45, 7) is 40.4. The standard InChI is InChI=1S/C29H48/c1-17-19(4,5)23(9)21(17,7)25(11)27(23,13)29(15)26(12)22(8)18(2,3)16-20(22,6)24(26,10)28(25,29)14/h17H,16H2,1-15H3. The zero-order chi connectivity index (χ0) is 22.3. The summed E-state index contributed by atoms with van der Waals surface area (Å²) in [7, 11) is 0. The third-order valence-electron chi connectivity index (χ3n) is 18.7. The largest absolute Gasteiger partial charge is 0.0614 e. The van der Waals surface area contributed by atoms with E-state index in [1.807, 2.05) is 0 Å². The first-order valence-corrected chi connectivity index (χ1v) is 12.6. The first-order valence-electron chi connectivity index (χ1n) is 12.6. The summed E-state index contributed by atoms with van der Waals surface area (Å²) in [6, 6.07) is 0. The molecule has 29 heavy (non-hydrogen) atoms. The highest BCUT2D eigenvalue weighted by atomic mass is 15.2. The zero-order valence-electron chi connectivity index (χ0n) is 22.3. The van der Waals surface area contributed by atoms with Crippen LogP contribution in [0.25, 0.3) is 0 Å². The number of hydrogen-bond donors (Lipinski definition) is 0. The van der Waals surface area contributed by atoms with Crippen molar-refractivity contribution in [1.29, 1.82) is 0 Å². The van der Waals surface area contributed by atoms with E-state index < -0.39 is 0 Å². The van der Waals surface area contributed by atoms with Crippen molar-refractivity contribution in [3.8, 4) is 0 Å². The van der Waals surface area contributed by atoms with Gasteiger partial charge in [-0.2, -0.15) is 0 Å². The Morgan fingerprint density at radius 2 is 0.828 bits per heavy atom. The Bertz CT molecular complexity index is 928. The van der Waals surface area contributed by atoms with Crippen molar-refractivity contribution in [3.05, 3.63) is 0 Å². The van der Waals surface area contributed by atoms with Gasteiger partial charge in [-0.3, -0.25) is 0 Å². The Morgan fingerprint density at radius 3 is 1.28 bits per heavy atom. The molecule has 0 aromatic rings. The maximum atomic E-state index is 2.78. The second kappa shape index (κ2) is 3.53. The van der Waals surface area contributed by atoms with Crippen LogP contribution in [0.3, 0.4) is 0 Å². The topological polar surface area (TPSA) is 0 Å². The minimum Gasteiger partial charge on any atom is -0.0614 e. The van der Waals surface area contributed by atoms with Gasteiger partial charge < -0.3 is 0 Å². The van der Waals surface area contributed by atoms with Crippen LogP contribution in [-0.2, 0) is 0 Å². The maximum Gasteiger partial charge on any atom is -0.0131 e. The van der Waals surface area contributed by atoms with E-state index >= 15 is 0 Å². The Hall–Kier alpha value is 0. The molecule has 0 bridgehead atoms. The summed E-state index contributed by atoms with van der Waals surface area (Å²) in [5, 5.41) is 0. The van der Waals surface area contributed by atoms with E-state index in [2.05, 4.69) is 104 Å².